The molecule has 2 saturated carbocycles. The van der Waals surface area contributed by atoms with Gasteiger partial charge in [0.1, 0.15) is 5.82 Å². The molecule has 0 spiro atoms. The summed E-state index contributed by atoms with van der Waals surface area (Å²) in [5, 5.41) is 4.07. The molecule has 0 aliphatic heterocycles. The summed E-state index contributed by atoms with van der Waals surface area (Å²) in [6, 6.07) is 18.6. The van der Waals surface area contributed by atoms with E-state index in [1.54, 1.807) is 6.20 Å². The predicted molar refractivity (Wildman–Crippen MR) is 160 cm³/mol. The van der Waals surface area contributed by atoms with Gasteiger partial charge in [-0.1, -0.05) is 50.5 Å². The topological polar surface area (TPSA) is 54.9 Å². The second kappa shape index (κ2) is 11.5. The molecule has 0 bridgehead atoms. The molecule has 4 nitrogen and oxygen atoms in total. The Kier molecular flexibility index (Phi) is 7.77. The molecule has 7 heteroatoms. The smallest absolute Gasteiger partial charge is 0.366 e. The molecule has 1 N–H and O–H groups in total. The SMILES string of the molecule is CC1(CC2CCC[C@H]2C(=O)c2cc(NCc3ccc(C(F)(F)F)cc3)nc3ccc(-c4ccccn4)cc23)CCCC1. The van der Waals surface area contributed by atoms with Crippen molar-refractivity contribution < 1.29 is 18.0 Å². The minimum atomic E-state index is -4.37. The average molecular weight is 572 g/mol. The first-order chi connectivity index (χ1) is 20.2. The van der Waals surface area contributed by atoms with E-state index >= 15 is 0 Å². The number of ketones is 1. The second-order valence-corrected chi connectivity index (χ2v) is 12.4. The van der Waals surface area contributed by atoms with Crippen molar-refractivity contribution in [1.29, 1.82) is 0 Å². The molecule has 2 aliphatic carbocycles. The number of nitrogens with one attached hydrogen (secondary N) is 1. The van der Waals surface area contributed by atoms with Crippen LogP contribution in [0.4, 0.5) is 19.0 Å². The Morgan fingerprint density at radius 1 is 0.976 bits per heavy atom. The summed E-state index contributed by atoms with van der Waals surface area (Å²) in [6.07, 6.45) is 6.59. The average Bonchev–Trinajstić information content (AvgIpc) is 3.64. The Bertz CT molecular complexity index is 1560. The molecular weight excluding hydrogens is 535 g/mol. The van der Waals surface area contributed by atoms with Crippen LogP contribution in [-0.4, -0.2) is 15.8 Å². The molecule has 42 heavy (non-hydrogen) atoms. The minimum absolute atomic E-state index is 0.0192. The monoisotopic (exact) mass is 571 g/mol. The van der Waals surface area contributed by atoms with Gasteiger partial charge in [-0.2, -0.15) is 13.2 Å². The standard InChI is InChI=1S/C35H36F3N3O/c1-34(16-3-4-17-34)21-25-7-6-8-27(25)33(42)29-20-32(40-22-23-10-13-26(14-11-23)35(36,37)38)41-31-15-12-24(19-28(29)31)30-9-2-5-18-39-30/h2,5,9-15,18-20,25,27H,3-4,6-8,16-17,21-22H2,1H3,(H,40,41)/t25?,27-/m1/s1. The molecule has 2 heterocycles. The molecule has 4 aromatic rings. The minimum Gasteiger partial charge on any atom is -0.366 e. The van der Waals surface area contributed by atoms with Gasteiger partial charge < -0.3 is 5.32 Å². The highest BCUT2D eigenvalue weighted by atomic mass is 19.4. The first-order valence-electron chi connectivity index (χ1n) is 15.0. The van der Waals surface area contributed by atoms with Gasteiger partial charge in [0.05, 0.1) is 16.8 Å². The number of benzene rings is 2. The number of pyridine rings is 2. The molecule has 0 amide bonds. The van der Waals surface area contributed by atoms with Crippen molar-refractivity contribution in [2.75, 3.05) is 5.32 Å². The Morgan fingerprint density at radius 3 is 2.48 bits per heavy atom. The number of fused-ring (bicyclic) bond motifs is 1. The molecule has 2 aromatic carbocycles. The summed E-state index contributed by atoms with van der Waals surface area (Å²) >= 11 is 0. The van der Waals surface area contributed by atoms with Gasteiger partial charge in [-0.3, -0.25) is 9.78 Å². The highest BCUT2D eigenvalue weighted by Crippen LogP contribution is 2.48. The number of rotatable bonds is 8. The molecule has 0 saturated heterocycles. The summed E-state index contributed by atoms with van der Waals surface area (Å²) in [6.45, 7) is 2.69. The van der Waals surface area contributed by atoms with E-state index in [1.807, 2.05) is 42.5 Å². The number of carbonyl (C=O) groups is 1. The van der Waals surface area contributed by atoms with Crippen LogP contribution >= 0.6 is 0 Å². The maximum Gasteiger partial charge on any atom is 0.416 e. The summed E-state index contributed by atoms with van der Waals surface area (Å²) in [4.78, 5) is 23.7. The van der Waals surface area contributed by atoms with E-state index in [0.717, 1.165) is 54.5 Å². The van der Waals surface area contributed by atoms with E-state index in [9.17, 15) is 18.0 Å². The maximum atomic E-state index is 14.4. The number of halogens is 3. The van der Waals surface area contributed by atoms with E-state index in [4.69, 9.17) is 4.98 Å². The molecule has 2 atom stereocenters. The lowest BCUT2D eigenvalue weighted by Gasteiger charge is -2.30. The van der Waals surface area contributed by atoms with E-state index < -0.39 is 11.7 Å². The van der Waals surface area contributed by atoms with Crippen molar-refractivity contribution >= 4 is 22.5 Å². The lowest BCUT2D eigenvalue weighted by atomic mass is 9.74. The zero-order valence-corrected chi connectivity index (χ0v) is 23.9. The number of hydrogen-bond donors (Lipinski definition) is 1. The summed E-state index contributed by atoms with van der Waals surface area (Å²) < 4.78 is 39.0. The van der Waals surface area contributed by atoms with Crippen LogP contribution in [0.15, 0.2) is 72.9 Å². The van der Waals surface area contributed by atoms with Gasteiger partial charge in [0, 0.05) is 35.2 Å². The van der Waals surface area contributed by atoms with Crippen LogP contribution in [0.1, 0.15) is 79.8 Å². The van der Waals surface area contributed by atoms with E-state index in [1.165, 1.54) is 37.8 Å². The Labute approximate surface area is 244 Å². The van der Waals surface area contributed by atoms with Crippen molar-refractivity contribution in [2.24, 2.45) is 17.3 Å². The Balaban J connectivity index is 1.33. The largest absolute Gasteiger partial charge is 0.416 e. The first kappa shape index (κ1) is 28.4. The highest BCUT2D eigenvalue weighted by molar-refractivity contribution is 6.10. The fourth-order valence-electron chi connectivity index (χ4n) is 7.11. The summed E-state index contributed by atoms with van der Waals surface area (Å²) in [7, 11) is 0. The lowest BCUT2D eigenvalue weighted by Crippen LogP contribution is -2.25. The van der Waals surface area contributed by atoms with E-state index in [0.29, 0.717) is 40.3 Å². The Morgan fingerprint density at radius 2 is 1.76 bits per heavy atom. The van der Waals surface area contributed by atoms with Crippen LogP contribution in [0, 0.1) is 17.3 Å². The number of carbonyl (C=O) groups excluding carboxylic acids is 1. The number of hydrogen-bond acceptors (Lipinski definition) is 4. The van der Waals surface area contributed by atoms with Gasteiger partial charge in [-0.05, 0) is 91.5 Å². The van der Waals surface area contributed by atoms with Crippen LogP contribution in [-0.2, 0) is 12.7 Å². The van der Waals surface area contributed by atoms with Crippen LogP contribution in [0.3, 0.4) is 0 Å². The third kappa shape index (κ3) is 6.06. The molecule has 1 unspecified atom stereocenters. The first-order valence-corrected chi connectivity index (χ1v) is 15.0. The third-order valence-electron chi connectivity index (χ3n) is 9.35. The van der Waals surface area contributed by atoms with Crippen molar-refractivity contribution in [2.45, 2.75) is 71.0 Å². The summed E-state index contributed by atoms with van der Waals surface area (Å²) in [5.41, 5.74) is 3.46. The fourth-order valence-corrected chi connectivity index (χ4v) is 7.11. The number of anilines is 1. The van der Waals surface area contributed by atoms with E-state index in [-0.39, 0.29) is 11.7 Å². The highest BCUT2D eigenvalue weighted by Gasteiger charge is 2.40. The van der Waals surface area contributed by atoms with Crippen molar-refractivity contribution in [3.05, 3.63) is 89.6 Å². The molecule has 218 valence electrons. The van der Waals surface area contributed by atoms with Crippen LogP contribution in [0.25, 0.3) is 22.2 Å². The lowest BCUT2D eigenvalue weighted by molar-refractivity contribution is -0.137. The number of aromatic nitrogens is 2. The fraction of sp³-hybridized carbons (Fsp3) is 0.400. The van der Waals surface area contributed by atoms with Crippen LogP contribution in [0.2, 0.25) is 0 Å². The molecule has 2 aliphatic rings. The molecule has 2 aromatic heterocycles. The zero-order valence-electron chi connectivity index (χ0n) is 23.9. The molecular formula is C35H36F3N3O. The van der Waals surface area contributed by atoms with Gasteiger partial charge in [0.25, 0.3) is 0 Å². The third-order valence-corrected chi connectivity index (χ3v) is 9.35. The van der Waals surface area contributed by atoms with Gasteiger partial charge in [0.2, 0.25) is 0 Å². The number of nitrogens with zero attached hydrogens (tertiary/aromatic N) is 2. The van der Waals surface area contributed by atoms with Gasteiger partial charge in [-0.15, -0.1) is 0 Å². The van der Waals surface area contributed by atoms with Crippen molar-refractivity contribution in [3.8, 4) is 11.3 Å². The quantitative estimate of drug-likeness (QED) is 0.214. The van der Waals surface area contributed by atoms with Crippen molar-refractivity contribution in [3.63, 3.8) is 0 Å². The normalized spacial score (nSPS) is 20.2. The van der Waals surface area contributed by atoms with Gasteiger partial charge >= 0.3 is 6.18 Å². The Hall–Kier alpha value is -3.74. The van der Waals surface area contributed by atoms with Gasteiger partial charge in [0.15, 0.2) is 5.78 Å². The maximum absolute atomic E-state index is 14.4. The molecule has 2 fully saturated rings. The number of alkyl halides is 3. The van der Waals surface area contributed by atoms with Gasteiger partial charge in [-0.25, -0.2) is 4.98 Å². The second-order valence-electron chi connectivity index (χ2n) is 12.4. The molecule has 6 rings (SSSR count). The van der Waals surface area contributed by atoms with E-state index in [2.05, 4.69) is 17.2 Å². The van der Waals surface area contributed by atoms with Crippen molar-refractivity contribution in [1.82, 2.24) is 9.97 Å². The summed E-state index contributed by atoms with van der Waals surface area (Å²) in [5.74, 6) is 1.07. The number of Topliss-reactive ketones (excluding diaryl/α,β-unsaturated/α-hetero) is 1. The van der Waals surface area contributed by atoms with Crippen LogP contribution in [0.5, 0.6) is 0 Å². The predicted octanol–water partition coefficient (Wildman–Crippen LogP) is 9.50. The van der Waals surface area contributed by atoms with Crippen LogP contribution < -0.4 is 5.32 Å². The zero-order chi connectivity index (χ0) is 29.3. The molecule has 0 radical (unpaired) electrons.